The second kappa shape index (κ2) is 7.12. The lowest BCUT2D eigenvalue weighted by Crippen LogP contribution is -2.12. The molecule has 3 rings (SSSR count). The van der Waals surface area contributed by atoms with E-state index in [0.29, 0.717) is 33.9 Å². The normalized spacial score (nSPS) is 10.7. The quantitative estimate of drug-likeness (QED) is 0.710. The Morgan fingerprint density at radius 1 is 1.26 bits per heavy atom. The van der Waals surface area contributed by atoms with Crippen molar-refractivity contribution in [2.45, 2.75) is 12.8 Å². The number of hydrogen-bond donors (Lipinski definition) is 1. The molecule has 2 heterocycles. The first-order valence-corrected chi connectivity index (χ1v) is 8.41. The Hall–Kier alpha value is -1.89. The molecular formula is C15H11Cl2N3O2S. The number of rotatable bonds is 5. The van der Waals surface area contributed by atoms with Crippen molar-refractivity contribution in [3.05, 3.63) is 51.0 Å². The molecule has 0 aliphatic heterocycles. The summed E-state index contributed by atoms with van der Waals surface area (Å²) in [4.78, 5) is 12.0. The summed E-state index contributed by atoms with van der Waals surface area (Å²) in [5.41, 5.74) is 1.36. The zero-order chi connectivity index (χ0) is 16.2. The molecule has 23 heavy (non-hydrogen) atoms. The number of nitrogens with one attached hydrogen (secondary N) is 1. The summed E-state index contributed by atoms with van der Waals surface area (Å²) in [6.07, 6.45) is 0.551. The van der Waals surface area contributed by atoms with Crippen molar-refractivity contribution >= 4 is 46.1 Å². The van der Waals surface area contributed by atoms with E-state index in [0.717, 1.165) is 5.56 Å². The fraction of sp³-hybridized carbons (Fsp3) is 0.133. The van der Waals surface area contributed by atoms with Crippen LogP contribution in [-0.4, -0.2) is 16.1 Å². The Balaban J connectivity index is 1.58. The predicted octanol–water partition coefficient (Wildman–Crippen LogP) is 4.68. The molecule has 5 nitrogen and oxygen atoms in total. The molecule has 1 amide bonds. The van der Waals surface area contributed by atoms with Crippen molar-refractivity contribution in [3.63, 3.8) is 0 Å². The fourth-order valence-electron chi connectivity index (χ4n) is 1.88. The average Bonchev–Trinajstić information content (AvgIpc) is 3.19. The first-order chi connectivity index (χ1) is 11.1. The van der Waals surface area contributed by atoms with Crippen molar-refractivity contribution < 1.29 is 9.21 Å². The van der Waals surface area contributed by atoms with E-state index >= 15 is 0 Å². The third kappa shape index (κ3) is 4.10. The second-order valence-electron chi connectivity index (χ2n) is 4.69. The molecule has 2 aromatic heterocycles. The highest BCUT2D eigenvalue weighted by atomic mass is 35.5. The molecule has 0 saturated heterocycles. The zero-order valence-electron chi connectivity index (χ0n) is 11.8. The van der Waals surface area contributed by atoms with Crippen LogP contribution in [0.2, 0.25) is 10.0 Å². The molecule has 118 valence electrons. The maximum Gasteiger partial charge on any atom is 0.248 e. The van der Waals surface area contributed by atoms with Gasteiger partial charge in [-0.3, -0.25) is 4.79 Å². The van der Waals surface area contributed by atoms with Crippen LogP contribution in [0.1, 0.15) is 12.3 Å². The van der Waals surface area contributed by atoms with E-state index in [-0.39, 0.29) is 12.3 Å². The van der Waals surface area contributed by atoms with E-state index in [1.54, 1.807) is 29.5 Å². The highest BCUT2D eigenvalue weighted by Crippen LogP contribution is 2.25. The predicted molar refractivity (Wildman–Crippen MR) is 91.0 cm³/mol. The van der Waals surface area contributed by atoms with Gasteiger partial charge in [0.1, 0.15) is 0 Å². The maximum absolute atomic E-state index is 12.0. The van der Waals surface area contributed by atoms with Gasteiger partial charge in [0.25, 0.3) is 0 Å². The second-order valence-corrected chi connectivity index (χ2v) is 6.31. The molecule has 0 unspecified atom stereocenters. The third-order valence-electron chi connectivity index (χ3n) is 3.00. The van der Waals surface area contributed by atoms with Crippen molar-refractivity contribution in [3.8, 4) is 11.5 Å². The van der Waals surface area contributed by atoms with Gasteiger partial charge in [-0.25, -0.2) is 0 Å². The Kier molecular flexibility index (Phi) is 4.95. The number of hydrogen-bond acceptors (Lipinski definition) is 5. The molecule has 8 heteroatoms. The number of carbonyl (C=O) groups excluding carboxylic acids is 1. The SMILES string of the molecule is O=C(CCc1nnc(-c2ccsc2)o1)Nc1cc(Cl)ccc1Cl. The number of thiophene rings is 1. The van der Waals surface area contributed by atoms with Crippen molar-refractivity contribution in [1.29, 1.82) is 0 Å². The van der Waals surface area contributed by atoms with Gasteiger partial charge in [-0.2, -0.15) is 11.3 Å². The van der Waals surface area contributed by atoms with E-state index in [1.807, 2.05) is 16.8 Å². The fourth-order valence-corrected chi connectivity index (χ4v) is 2.85. The zero-order valence-corrected chi connectivity index (χ0v) is 14.1. The van der Waals surface area contributed by atoms with Crippen LogP contribution in [0.3, 0.4) is 0 Å². The largest absolute Gasteiger partial charge is 0.421 e. The van der Waals surface area contributed by atoms with E-state index in [4.69, 9.17) is 27.6 Å². The molecular weight excluding hydrogens is 357 g/mol. The molecule has 3 aromatic rings. The summed E-state index contributed by atoms with van der Waals surface area (Å²) in [6.45, 7) is 0. The minimum Gasteiger partial charge on any atom is -0.421 e. The molecule has 1 N–H and O–H groups in total. The summed E-state index contributed by atoms with van der Waals surface area (Å²) in [6, 6.07) is 6.79. The van der Waals surface area contributed by atoms with Gasteiger partial charge in [0, 0.05) is 28.8 Å². The van der Waals surface area contributed by atoms with E-state index < -0.39 is 0 Å². The summed E-state index contributed by atoms with van der Waals surface area (Å²) in [5, 5.41) is 15.4. The molecule has 0 radical (unpaired) electrons. The van der Waals surface area contributed by atoms with E-state index in [1.165, 1.54) is 0 Å². The van der Waals surface area contributed by atoms with E-state index in [2.05, 4.69) is 15.5 Å². The lowest BCUT2D eigenvalue weighted by atomic mass is 10.2. The van der Waals surface area contributed by atoms with Crippen molar-refractivity contribution in [1.82, 2.24) is 10.2 Å². The number of aromatic nitrogens is 2. The maximum atomic E-state index is 12.0. The van der Waals surface area contributed by atoms with Crippen LogP contribution >= 0.6 is 34.5 Å². The summed E-state index contributed by atoms with van der Waals surface area (Å²) >= 11 is 13.4. The summed E-state index contributed by atoms with van der Waals surface area (Å²) < 4.78 is 5.53. The van der Waals surface area contributed by atoms with Gasteiger partial charge in [-0.05, 0) is 29.6 Å². The molecule has 0 aliphatic carbocycles. The van der Waals surface area contributed by atoms with Gasteiger partial charge in [0.05, 0.1) is 10.7 Å². The van der Waals surface area contributed by atoms with Gasteiger partial charge in [-0.1, -0.05) is 23.2 Å². The minimum absolute atomic E-state index is 0.202. The Morgan fingerprint density at radius 2 is 2.13 bits per heavy atom. The Labute approximate surface area is 146 Å². The average molecular weight is 368 g/mol. The van der Waals surface area contributed by atoms with Crippen LogP contribution in [0.15, 0.2) is 39.4 Å². The summed E-state index contributed by atoms with van der Waals surface area (Å²) in [7, 11) is 0. The van der Waals surface area contributed by atoms with Crippen LogP contribution in [-0.2, 0) is 11.2 Å². The smallest absolute Gasteiger partial charge is 0.248 e. The number of aryl methyl sites for hydroxylation is 1. The first kappa shape index (κ1) is 16.0. The topological polar surface area (TPSA) is 68.0 Å². The van der Waals surface area contributed by atoms with Gasteiger partial charge in [0.15, 0.2) is 0 Å². The third-order valence-corrected chi connectivity index (χ3v) is 4.25. The van der Waals surface area contributed by atoms with Gasteiger partial charge in [-0.15, -0.1) is 10.2 Å². The molecule has 0 spiro atoms. The highest BCUT2D eigenvalue weighted by Gasteiger charge is 2.12. The molecule has 1 aromatic carbocycles. The number of amides is 1. The van der Waals surface area contributed by atoms with Crippen LogP contribution in [0.4, 0.5) is 5.69 Å². The molecule has 0 aliphatic rings. The van der Waals surface area contributed by atoms with Crippen LogP contribution in [0.25, 0.3) is 11.5 Å². The highest BCUT2D eigenvalue weighted by molar-refractivity contribution is 7.08. The van der Waals surface area contributed by atoms with Crippen LogP contribution in [0.5, 0.6) is 0 Å². The summed E-state index contributed by atoms with van der Waals surface area (Å²) in [5.74, 6) is 0.669. The van der Waals surface area contributed by atoms with Crippen LogP contribution in [0, 0.1) is 0 Å². The molecule has 0 fully saturated rings. The molecule has 0 saturated carbocycles. The number of halogens is 2. The Morgan fingerprint density at radius 3 is 2.91 bits per heavy atom. The molecule has 0 bridgehead atoms. The molecule has 0 atom stereocenters. The minimum atomic E-state index is -0.204. The van der Waals surface area contributed by atoms with Crippen molar-refractivity contribution in [2.24, 2.45) is 0 Å². The van der Waals surface area contributed by atoms with Gasteiger partial charge in [0.2, 0.25) is 17.7 Å². The van der Waals surface area contributed by atoms with Crippen LogP contribution < -0.4 is 5.32 Å². The lowest BCUT2D eigenvalue weighted by Gasteiger charge is -2.06. The monoisotopic (exact) mass is 367 g/mol. The first-order valence-electron chi connectivity index (χ1n) is 6.71. The van der Waals surface area contributed by atoms with Gasteiger partial charge >= 0.3 is 0 Å². The lowest BCUT2D eigenvalue weighted by molar-refractivity contribution is -0.116. The van der Waals surface area contributed by atoms with Crippen molar-refractivity contribution in [2.75, 3.05) is 5.32 Å². The number of anilines is 1. The van der Waals surface area contributed by atoms with Gasteiger partial charge < -0.3 is 9.73 Å². The number of carbonyl (C=O) groups is 1. The Bertz CT molecular complexity index is 818. The number of benzene rings is 1. The number of nitrogens with zero attached hydrogens (tertiary/aromatic N) is 2. The standard InChI is InChI=1S/C15H11Cl2N3O2S/c16-10-1-2-11(17)12(7-10)18-13(21)3-4-14-19-20-15(22-14)9-5-6-23-8-9/h1-2,5-8H,3-4H2,(H,18,21). The van der Waals surface area contributed by atoms with E-state index in [9.17, 15) is 4.79 Å².